The third kappa shape index (κ3) is 3.85. The van der Waals surface area contributed by atoms with Crippen molar-refractivity contribution in [3.05, 3.63) is 59.7 Å². The van der Waals surface area contributed by atoms with Gasteiger partial charge in [0.25, 0.3) is 0 Å². The molecule has 3 nitrogen and oxygen atoms in total. The first kappa shape index (κ1) is 16.0. The second kappa shape index (κ2) is 6.19. The number of nitrogens with two attached hydrogens (primary N) is 1. The highest BCUT2D eigenvalue weighted by atomic mass is 19.4. The Morgan fingerprint density at radius 2 is 1.73 bits per heavy atom. The van der Waals surface area contributed by atoms with Crippen LogP contribution in [0.4, 0.5) is 13.2 Å². The van der Waals surface area contributed by atoms with Crippen molar-refractivity contribution in [2.45, 2.75) is 18.6 Å². The quantitative estimate of drug-likeness (QED) is 0.901. The largest absolute Gasteiger partial charge is 0.481 e. The summed E-state index contributed by atoms with van der Waals surface area (Å²) in [4.78, 5) is 10.7. The Hall–Kier alpha value is -2.34. The molecular weight excluding hydrogens is 295 g/mol. The summed E-state index contributed by atoms with van der Waals surface area (Å²) in [5.74, 6) is -1.16. The van der Waals surface area contributed by atoms with Gasteiger partial charge >= 0.3 is 12.1 Å². The highest BCUT2D eigenvalue weighted by Gasteiger charge is 2.31. The predicted octanol–water partition coefficient (Wildman–Crippen LogP) is 3.85. The maximum absolute atomic E-state index is 13.0. The molecule has 0 radical (unpaired) electrons. The van der Waals surface area contributed by atoms with E-state index in [9.17, 15) is 18.0 Å². The molecule has 0 aromatic heterocycles. The van der Waals surface area contributed by atoms with Gasteiger partial charge in [-0.15, -0.1) is 0 Å². The third-order valence-electron chi connectivity index (χ3n) is 3.21. The van der Waals surface area contributed by atoms with Crippen molar-refractivity contribution in [2.75, 3.05) is 0 Å². The van der Waals surface area contributed by atoms with Crippen LogP contribution in [0.2, 0.25) is 0 Å². The van der Waals surface area contributed by atoms with Crippen molar-refractivity contribution in [1.82, 2.24) is 0 Å². The molecule has 1 atom stereocenters. The lowest BCUT2D eigenvalue weighted by molar-refractivity contribution is -0.138. The Morgan fingerprint density at radius 1 is 1.09 bits per heavy atom. The molecule has 0 saturated carbocycles. The number of carboxylic acid groups (broad SMARTS) is 1. The van der Waals surface area contributed by atoms with E-state index in [-0.39, 0.29) is 5.56 Å². The molecule has 2 aromatic rings. The Bertz CT molecular complexity index is 669. The summed E-state index contributed by atoms with van der Waals surface area (Å²) in [6.07, 6.45) is -4.96. The van der Waals surface area contributed by atoms with E-state index in [2.05, 4.69) is 0 Å². The van der Waals surface area contributed by atoms with Gasteiger partial charge in [0, 0.05) is 6.04 Å². The van der Waals surface area contributed by atoms with Gasteiger partial charge in [0.15, 0.2) is 0 Å². The van der Waals surface area contributed by atoms with Gasteiger partial charge in [0.05, 0.1) is 12.0 Å². The molecule has 116 valence electrons. The molecule has 0 aliphatic heterocycles. The van der Waals surface area contributed by atoms with E-state index in [1.165, 1.54) is 6.07 Å². The van der Waals surface area contributed by atoms with Gasteiger partial charge in [-0.25, -0.2) is 0 Å². The zero-order chi connectivity index (χ0) is 16.3. The highest BCUT2D eigenvalue weighted by molar-refractivity contribution is 5.69. The molecule has 6 heteroatoms. The molecule has 0 spiro atoms. The molecule has 0 aliphatic carbocycles. The summed E-state index contributed by atoms with van der Waals surface area (Å²) in [6.45, 7) is 0. The fraction of sp³-hybridized carbons (Fsp3) is 0.188. The summed E-state index contributed by atoms with van der Waals surface area (Å²) >= 11 is 0. The Kier molecular flexibility index (Phi) is 4.51. The SMILES string of the molecule is NC(CC(=O)O)c1cc(-c2ccccc2)cc(C(F)(F)F)c1. The number of benzene rings is 2. The Morgan fingerprint density at radius 3 is 2.27 bits per heavy atom. The minimum Gasteiger partial charge on any atom is -0.481 e. The Balaban J connectivity index is 2.53. The van der Waals surface area contributed by atoms with Crippen molar-refractivity contribution in [3.63, 3.8) is 0 Å². The Labute approximate surface area is 125 Å². The van der Waals surface area contributed by atoms with Crippen LogP contribution in [0.1, 0.15) is 23.6 Å². The van der Waals surface area contributed by atoms with E-state index < -0.39 is 30.2 Å². The molecule has 3 N–H and O–H groups in total. The summed E-state index contributed by atoms with van der Waals surface area (Å²) in [5.41, 5.74) is 5.97. The lowest BCUT2D eigenvalue weighted by atomic mass is 9.95. The van der Waals surface area contributed by atoms with Crippen LogP contribution in [0.25, 0.3) is 11.1 Å². The molecule has 0 aliphatic rings. The van der Waals surface area contributed by atoms with Crippen LogP contribution >= 0.6 is 0 Å². The average molecular weight is 309 g/mol. The van der Waals surface area contributed by atoms with E-state index in [0.717, 1.165) is 12.1 Å². The number of alkyl halides is 3. The van der Waals surface area contributed by atoms with Crippen LogP contribution in [-0.4, -0.2) is 11.1 Å². The van der Waals surface area contributed by atoms with E-state index >= 15 is 0 Å². The lowest BCUT2D eigenvalue weighted by Gasteiger charge is -2.16. The number of carbonyl (C=O) groups is 1. The zero-order valence-corrected chi connectivity index (χ0v) is 11.5. The van der Waals surface area contributed by atoms with Crippen molar-refractivity contribution in [3.8, 4) is 11.1 Å². The summed E-state index contributed by atoms with van der Waals surface area (Å²) < 4.78 is 39.1. The lowest BCUT2D eigenvalue weighted by Crippen LogP contribution is -2.16. The van der Waals surface area contributed by atoms with Gasteiger partial charge in [-0.3, -0.25) is 4.79 Å². The normalized spacial score (nSPS) is 12.9. The van der Waals surface area contributed by atoms with Crippen LogP contribution in [0, 0.1) is 0 Å². The summed E-state index contributed by atoms with van der Waals surface area (Å²) in [7, 11) is 0. The molecule has 22 heavy (non-hydrogen) atoms. The number of hydrogen-bond donors (Lipinski definition) is 2. The van der Waals surface area contributed by atoms with Crippen LogP contribution in [0.5, 0.6) is 0 Å². The molecule has 0 amide bonds. The monoisotopic (exact) mass is 309 g/mol. The van der Waals surface area contributed by atoms with E-state index in [4.69, 9.17) is 10.8 Å². The van der Waals surface area contributed by atoms with Crippen molar-refractivity contribution >= 4 is 5.97 Å². The van der Waals surface area contributed by atoms with Crippen LogP contribution in [0.3, 0.4) is 0 Å². The van der Waals surface area contributed by atoms with Crippen LogP contribution < -0.4 is 5.73 Å². The van der Waals surface area contributed by atoms with Crippen LogP contribution in [0.15, 0.2) is 48.5 Å². The summed E-state index contributed by atoms with van der Waals surface area (Å²) in [6, 6.07) is 11.0. The fourth-order valence-electron chi connectivity index (χ4n) is 2.13. The smallest absolute Gasteiger partial charge is 0.416 e. The van der Waals surface area contributed by atoms with Gasteiger partial charge in [0.1, 0.15) is 0 Å². The standard InChI is InChI=1S/C16H14F3NO2/c17-16(18,19)13-7-11(10-4-2-1-3-5-10)6-12(8-13)14(20)9-15(21)22/h1-8,14H,9,20H2,(H,21,22). The molecule has 0 saturated heterocycles. The van der Waals surface area contributed by atoms with Gasteiger partial charge in [-0.1, -0.05) is 30.3 Å². The van der Waals surface area contributed by atoms with Gasteiger partial charge in [-0.2, -0.15) is 13.2 Å². The first-order valence-corrected chi connectivity index (χ1v) is 6.52. The van der Waals surface area contributed by atoms with Gasteiger partial charge in [0.2, 0.25) is 0 Å². The van der Waals surface area contributed by atoms with Crippen molar-refractivity contribution in [2.24, 2.45) is 5.73 Å². The molecule has 0 bridgehead atoms. The second-order valence-electron chi connectivity index (χ2n) is 4.91. The van der Waals surface area contributed by atoms with Gasteiger partial charge in [-0.05, 0) is 34.9 Å². The second-order valence-corrected chi connectivity index (χ2v) is 4.91. The molecule has 0 heterocycles. The maximum Gasteiger partial charge on any atom is 0.416 e. The number of hydrogen-bond acceptors (Lipinski definition) is 2. The molecule has 1 unspecified atom stereocenters. The fourth-order valence-corrected chi connectivity index (χ4v) is 2.13. The van der Waals surface area contributed by atoms with Crippen molar-refractivity contribution < 1.29 is 23.1 Å². The van der Waals surface area contributed by atoms with E-state index in [1.54, 1.807) is 30.3 Å². The number of carboxylic acids is 1. The van der Waals surface area contributed by atoms with E-state index in [1.807, 2.05) is 0 Å². The molecule has 2 rings (SSSR count). The number of rotatable bonds is 4. The molecular formula is C16H14F3NO2. The topological polar surface area (TPSA) is 63.3 Å². The average Bonchev–Trinajstić information content (AvgIpc) is 2.46. The first-order valence-electron chi connectivity index (χ1n) is 6.52. The first-order chi connectivity index (χ1) is 10.3. The zero-order valence-electron chi connectivity index (χ0n) is 11.5. The van der Waals surface area contributed by atoms with E-state index in [0.29, 0.717) is 11.1 Å². The van der Waals surface area contributed by atoms with Crippen LogP contribution in [-0.2, 0) is 11.0 Å². The van der Waals surface area contributed by atoms with Gasteiger partial charge < -0.3 is 10.8 Å². The minimum absolute atomic E-state index is 0.149. The number of halogens is 3. The number of aliphatic carboxylic acids is 1. The minimum atomic E-state index is -4.53. The summed E-state index contributed by atoms with van der Waals surface area (Å²) in [5, 5.41) is 8.76. The highest BCUT2D eigenvalue weighted by Crippen LogP contribution is 2.35. The molecule has 0 fully saturated rings. The van der Waals surface area contributed by atoms with Crippen molar-refractivity contribution in [1.29, 1.82) is 0 Å². The molecule has 2 aromatic carbocycles. The third-order valence-corrected chi connectivity index (χ3v) is 3.21. The maximum atomic E-state index is 13.0. The predicted molar refractivity (Wildman–Crippen MR) is 76.1 cm³/mol.